The molecule has 0 aromatic carbocycles. The van der Waals surface area contributed by atoms with E-state index in [1.165, 1.54) is 11.3 Å². The van der Waals surface area contributed by atoms with Crippen molar-refractivity contribution in [3.8, 4) is 0 Å². The zero-order chi connectivity index (χ0) is 13.5. The van der Waals surface area contributed by atoms with Crippen LogP contribution in [0.5, 0.6) is 0 Å². The molecular weight excluding hydrogens is 270 g/mol. The lowest BCUT2D eigenvalue weighted by Crippen LogP contribution is -2.33. The van der Waals surface area contributed by atoms with Crippen LogP contribution >= 0.6 is 22.9 Å². The second kappa shape index (κ2) is 7.77. The van der Waals surface area contributed by atoms with Crippen LogP contribution in [-0.2, 0) is 9.53 Å². The first kappa shape index (κ1) is 15.5. The van der Waals surface area contributed by atoms with E-state index in [-0.39, 0.29) is 17.9 Å². The Hall–Kier alpha value is -0.580. The molecule has 0 fully saturated rings. The monoisotopic (exact) mass is 289 g/mol. The summed E-state index contributed by atoms with van der Waals surface area (Å²) in [6.07, 6.45) is 1.61. The third-order valence-electron chi connectivity index (χ3n) is 3.01. The molecule has 1 atom stereocenters. The van der Waals surface area contributed by atoms with Gasteiger partial charge < -0.3 is 10.1 Å². The summed E-state index contributed by atoms with van der Waals surface area (Å²) in [4.78, 5) is 12.9. The zero-order valence-electron chi connectivity index (χ0n) is 11.0. The number of nitrogens with one attached hydrogen (secondary N) is 1. The van der Waals surface area contributed by atoms with Crippen molar-refractivity contribution in [2.45, 2.75) is 32.8 Å². The van der Waals surface area contributed by atoms with Gasteiger partial charge in [-0.1, -0.05) is 25.4 Å². The molecule has 1 unspecified atom stereocenters. The van der Waals surface area contributed by atoms with Crippen LogP contribution in [0.2, 0.25) is 4.34 Å². The highest BCUT2D eigenvalue weighted by Crippen LogP contribution is 2.28. The predicted octanol–water partition coefficient (Wildman–Crippen LogP) is 3.64. The molecule has 0 bridgehead atoms. The number of hydrogen-bond acceptors (Lipinski definition) is 3. The van der Waals surface area contributed by atoms with Crippen LogP contribution in [-0.4, -0.2) is 19.6 Å². The molecule has 1 N–H and O–H groups in total. The van der Waals surface area contributed by atoms with Crippen molar-refractivity contribution in [3.63, 3.8) is 0 Å². The van der Waals surface area contributed by atoms with Crippen LogP contribution in [0.4, 0.5) is 0 Å². The number of rotatable bonds is 7. The first-order valence-corrected chi connectivity index (χ1v) is 7.37. The molecule has 1 amide bonds. The predicted molar refractivity (Wildman–Crippen MR) is 76.2 cm³/mol. The van der Waals surface area contributed by atoms with E-state index >= 15 is 0 Å². The highest BCUT2D eigenvalue weighted by atomic mass is 35.5. The molecule has 0 saturated heterocycles. The van der Waals surface area contributed by atoms with Gasteiger partial charge in [0.2, 0.25) is 5.91 Å². The standard InChI is InChI=1S/C13H20ClNO2S/c1-4-9(5-2)13(16)15-8-10(17-3)11-6-7-12(14)18-11/h6-7,9-10H,4-5,8H2,1-3H3,(H,15,16). The highest BCUT2D eigenvalue weighted by molar-refractivity contribution is 7.16. The van der Waals surface area contributed by atoms with Gasteiger partial charge in [0.1, 0.15) is 6.10 Å². The maximum Gasteiger partial charge on any atom is 0.223 e. The Morgan fingerprint density at radius 3 is 2.56 bits per heavy atom. The summed E-state index contributed by atoms with van der Waals surface area (Å²) in [7, 11) is 1.64. The lowest BCUT2D eigenvalue weighted by Gasteiger charge is -2.17. The minimum Gasteiger partial charge on any atom is -0.374 e. The minimum atomic E-state index is -0.124. The van der Waals surface area contributed by atoms with Gasteiger partial charge >= 0.3 is 0 Å². The molecule has 1 aromatic heterocycles. The molecule has 1 aromatic rings. The van der Waals surface area contributed by atoms with Gasteiger partial charge in [-0.25, -0.2) is 0 Å². The first-order chi connectivity index (χ1) is 8.62. The summed E-state index contributed by atoms with van der Waals surface area (Å²) in [5.74, 6) is 0.194. The molecule has 0 radical (unpaired) electrons. The van der Waals surface area contributed by atoms with Crippen molar-refractivity contribution >= 4 is 28.8 Å². The number of halogens is 1. The summed E-state index contributed by atoms with van der Waals surface area (Å²) >= 11 is 7.38. The summed E-state index contributed by atoms with van der Waals surface area (Å²) < 4.78 is 6.12. The van der Waals surface area contributed by atoms with E-state index in [1.54, 1.807) is 7.11 Å². The van der Waals surface area contributed by atoms with Crippen LogP contribution in [0, 0.1) is 5.92 Å². The molecule has 0 aliphatic heterocycles. The van der Waals surface area contributed by atoms with Crippen LogP contribution in [0.3, 0.4) is 0 Å². The lowest BCUT2D eigenvalue weighted by atomic mass is 10.0. The lowest BCUT2D eigenvalue weighted by molar-refractivity contribution is -0.125. The number of thiophene rings is 1. The van der Waals surface area contributed by atoms with E-state index in [1.807, 2.05) is 26.0 Å². The Labute approximate surface area is 117 Å². The molecule has 18 heavy (non-hydrogen) atoms. The molecule has 3 nitrogen and oxygen atoms in total. The van der Waals surface area contributed by atoms with Crippen LogP contribution in [0.15, 0.2) is 12.1 Å². The number of methoxy groups -OCH3 is 1. The van der Waals surface area contributed by atoms with Crippen molar-refractivity contribution in [1.82, 2.24) is 5.32 Å². The zero-order valence-corrected chi connectivity index (χ0v) is 12.6. The van der Waals surface area contributed by atoms with Gasteiger partial charge in [0.05, 0.1) is 4.34 Å². The van der Waals surface area contributed by atoms with Gasteiger partial charge in [0.15, 0.2) is 0 Å². The number of hydrogen-bond donors (Lipinski definition) is 1. The molecular formula is C13H20ClNO2S. The molecule has 5 heteroatoms. The number of carbonyl (C=O) groups is 1. The number of amides is 1. The Kier molecular flexibility index (Phi) is 6.68. The average Bonchev–Trinajstić information content (AvgIpc) is 2.78. The molecule has 0 spiro atoms. The fourth-order valence-corrected chi connectivity index (χ4v) is 2.94. The summed E-state index contributed by atoms with van der Waals surface area (Å²) in [6, 6.07) is 3.78. The van der Waals surface area contributed by atoms with Crippen molar-refractivity contribution in [2.75, 3.05) is 13.7 Å². The Morgan fingerprint density at radius 2 is 2.11 bits per heavy atom. The van der Waals surface area contributed by atoms with E-state index in [0.29, 0.717) is 6.54 Å². The van der Waals surface area contributed by atoms with Crippen molar-refractivity contribution in [1.29, 1.82) is 0 Å². The smallest absolute Gasteiger partial charge is 0.223 e. The van der Waals surface area contributed by atoms with E-state index in [2.05, 4.69) is 5.32 Å². The van der Waals surface area contributed by atoms with Gasteiger partial charge in [0.25, 0.3) is 0 Å². The van der Waals surface area contributed by atoms with Crippen LogP contribution in [0.25, 0.3) is 0 Å². The van der Waals surface area contributed by atoms with Gasteiger partial charge in [0, 0.05) is 24.4 Å². The maximum atomic E-state index is 11.9. The van der Waals surface area contributed by atoms with E-state index in [0.717, 1.165) is 22.1 Å². The molecule has 1 rings (SSSR count). The first-order valence-electron chi connectivity index (χ1n) is 6.18. The Bertz CT molecular complexity index is 377. The molecule has 0 aliphatic rings. The van der Waals surface area contributed by atoms with Gasteiger partial charge in [-0.3, -0.25) is 4.79 Å². The fraction of sp³-hybridized carbons (Fsp3) is 0.615. The van der Waals surface area contributed by atoms with Crippen LogP contribution < -0.4 is 5.32 Å². The molecule has 0 saturated carbocycles. The second-order valence-corrected chi connectivity index (χ2v) is 5.87. The normalized spacial score (nSPS) is 12.7. The third-order valence-corrected chi connectivity index (χ3v) is 4.34. The van der Waals surface area contributed by atoms with Gasteiger partial charge in [-0.2, -0.15) is 0 Å². The second-order valence-electron chi connectivity index (χ2n) is 4.12. The van der Waals surface area contributed by atoms with Crippen molar-refractivity contribution in [3.05, 3.63) is 21.3 Å². The topological polar surface area (TPSA) is 38.3 Å². The number of ether oxygens (including phenoxy) is 1. The largest absolute Gasteiger partial charge is 0.374 e. The summed E-state index contributed by atoms with van der Waals surface area (Å²) in [6.45, 7) is 4.55. The third kappa shape index (κ3) is 4.26. The minimum absolute atomic E-state index is 0.0921. The van der Waals surface area contributed by atoms with Gasteiger partial charge in [-0.05, 0) is 25.0 Å². The van der Waals surface area contributed by atoms with Crippen LogP contribution in [0.1, 0.15) is 37.7 Å². The van der Waals surface area contributed by atoms with E-state index < -0.39 is 0 Å². The molecule has 102 valence electrons. The van der Waals surface area contributed by atoms with Gasteiger partial charge in [-0.15, -0.1) is 11.3 Å². The quantitative estimate of drug-likeness (QED) is 0.832. The van der Waals surface area contributed by atoms with Crippen molar-refractivity contribution in [2.24, 2.45) is 5.92 Å². The van der Waals surface area contributed by atoms with Crippen molar-refractivity contribution < 1.29 is 9.53 Å². The SMILES string of the molecule is CCC(CC)C(=O)NCC(OC)c1ccc(Cl)s1. The highest BCUT2D eigenvalue weighted by Gasteiger charge is 2.18. The Morgan fingerprint density at radius 1 is 1.44 bits per heavy atom. The van der Waals surface area contributed by atoms with E-state index in [4.69, 9.17) is 16.3 Å². The molecule has 1 heterocycles. The summed E-state index contributed by atoms with van der Waals surface area (Å²) in [5, 5.41) is 2.94. The maximum absolute atomic E-state index is 11.9. The molecule has 0 aliphatic carbocycles. The average molecular weight is 290 g/mol. The summed E-state index contributed by atoms with van der Waals surface area (Å²) in [5.41, 5.74) is 0. The van der Waals surface area contributed by atoms with E-state index in [9.17, 15) is 4.79 Å². The Balaban J connectivity index is 2.52. The number of carbonyl (C=O) groups excluding carboxylic acids is 1. The fourth-order valence-electron chi connectivity index (χ4n) is 1.80.